The molecule has 3 rings (SSSR count). The summed E-state index contributed by atoms with van der Waals surface area (Å²) < 4.78 is 45.0. The van der Waals surface area contributed by atoms with Crippen molar-refractivity contribution in [3.05, 3.63) is 76.1 Å². The first-order chi connectivity index (χ1) is 13.7. The van der Waals surface area contributed by atoms with E-state index >= 15 is 0 Å². The minimum Gasteiger partial charge on any atom is -0.383 e. The standard InChI is InChI=1S/C21H19F3N2O3/c1-13(12-29-2)25-20(28)14-3-8-18-17(11-14)19(27)9-10-26(18)16-6-4-15(5-7-16)21(22,23)24/h3-11,13H,12H2,1-2H3,(H,25,28)/t13-/m1/s1. The summed E-state index contributed by atoms with van der Waals surface area (Å²) in [4.78, 5) is 24.7. The van der Waals surface area contributed by atoms with Crippen molar-refractivity contribution in [2.24, 2.45) is 0 Å². The average molecular weight is 404 g/mol. The van der Waals surface area contributed by atoms with Gasteiger partial charge in [0.2, 0.25) is 0 Å². The van der Waals surface area contributed by atoms with Gasteiger partial charge in [0.15, 0.2) is 5.43 Å². The van der Waals surface area contributed by atoms with E-state index in [0.29, 0.717) is 28.8 Å². The van der Waals surface area contributed by atoms with Gasteiger partial charge in [0.1, 0.15) is 0 Å². The predicted molar refractivity (Wildman–Crippen MR) is 103 cm³/mol. The number of carbonyl (C=O) groups excluding carboxylic acids is 1. The van der Waals surface area contributed by atoms with Crippen LogP contribution in [0.25, 0.3) is 16.6 Å². The Morgan fingerprint density at radius 2 is 1.83 bits per heavy atom. The molecule has 0 fully saturated rings. The number of hydrogen-bond acceptors (Lipinski definition) is 3. The van der Waals surface area contributed by atoms with E-state index in [1.54, 1.807) is 23.6 Å². The third-order valence-electron chi connectivity index (χ3n) is 4.43. The number of methoxy groups -OCH3 is 1. The zero-order valence-corrected chi connectivity index (χ0v) is 15.8. The number of alkyl halides is 3. The molecule has 1 atom stereocenters. The van der Waals surface area contributed by atoms with Crippen molar-refractivity contribution < 1.29 is 22.7 Å². The third-order valence-corrected chi connectivity index (χ3v) is 4.43. The number of nitrogens with one attached hydrogen (secondary N) is 1. The average Bonchev–Trinajstić information content (AvgIpc) is 2.68. The quantitative estimate of drug-likeness (QED) is 0.704. The van der Waals surface area contributed by atoms with Gasteiger partial charge in [0.05, 0.1) is 17.7 Å². The molecule has 0 unspecified atom stereocenters. The summed E-state index contributed by atoms with van der Waals surface area (Å²) in [6, 6.07) is 10.4. The van der Waals surface area contributed by atoms with Gasteiger partial charge in [-0.15, -0.1) is 0 Å². The number of benzene rings is 2. The van der Waals surface area contributed by atoms with Crippen LogP contribution in [0, 0.1) is 0 Å². The van der Waals surface area contributed by atoms with Crippen molar-refractivity contribution in [1.29, 1.82) is 0 Å². The number of ether oxygens (including phenoxy) is 1. The Balaban J connectivity index is 2.00. The molecule has 0 aliphatic heterocycles. The second kappa shape index (κ2) is 8.08. The lowest BCUT2D eigenvalue weighted by molar-refractivity contribution is -0.137. The van der Waals surface area contributed by atoms with E-state index in [1.165, 1.54) is 37.6 Å². The molecule has 0 saturated carbocycles. The van der Waals surface area contributed by atoms with Gasteiger partial charge >= 0.3 is 6.18 Å². The van der Waals surface area contributed by atoms with Crippen molar-refractivity contribution in [1.82, 2.24) is 9.88 Å². The van der Waals surface area contributed by atoms with E-state index in [4.69, 9.17) is 4.74 Å². The number of fused-ring (bicyclic) bond motifs is 1. The fourth-order valence-electron chi connectivity index (χ4n) is 3.03. The number of rotatable bonds is 5. The second-order valence-corrected chi connectivity index (χ2v) is 6.66. The Bertz CT molecular complexity index is 1090. The summed E-state index contributed by atoms with van der Waals surface area (Å²) in [6.45, 7) is 2.14. The van der Waals surface area contributed by atoms with E-state index in [9.17, 15) is 22.8 Å². The molecular formula is C21H19F3N2O3. The molecular weight excluding hydrogens is 385 g/mol. The molecule has 0 radical (unpaired) electrons. The molecule has 1 aromatic heterocycles. The van der Waals surface area contributed by atoms with Gasteiger partial charge in [0, 0.05) is 42.1 Å². The zero-order valence-electron chi connectivity index (χ0n) is 15.8. The highest BCUT2D eigenvalue weighted by Crippen LogP contribution is 2.30. The predicted octanol–water partition coefficient (Wildman–Crippen LogP) is 3.77. The van der Waals surface area contributed by atoms with Crippen LogP contribution >= 0.6 is 0 Å². The number of pyridine rings is 1. The minimum atomic E-state index is -4.42. The second-order valence-electron chi connectivity index (χ2n) is 6.66. The van der Waals surface area contributed by atoms with Crippen LogP contribution < -0.4 is 10.7 Å². The third kappa shape index (κ3) is 4.48. The Labute approximate surface area is 164 Å². The summed E-state index contributed by atoms with van der Waals surface area (Å²) in [5.41, 5.74) is 0.217. The van der Waals surface area contributed by atoms with Crippen molar-refractivity contribution in [2.75, 3.05) is 13.7 Å². The minimum absolute atomic E-state index is 0.206. The number of nitrogens with zero attached hydrogens (tertiary/aromatic N) is 1. The molecule has 1 amide bonds. The van der Waals surface area contributed by atoms with Crippen LogP contribution in [0.2, 0.25) is 0 Å². The van der Waals surface area contributed by atoms with Gasteiger partial charge in [-0.05, 0) is 49.4 Å². The van der Waals surface area contributed by atoms with Crippen LogP contribution in [0.3, 0.4) is 0 Å². The van der Waals surface area contributed by atoms with E-state index in [-0.39, 0.29) is 17.4 Å². The molecule has 0 saturated heterocycles. The Hall–Kier alpha value is -3.13. The maximum atomic E-state index is 12.8. The van der Waals surface area contributed by atoms with Crippen LogP contribution in [0.5, 0.6) is 0 Å². The molecule has 1 N–H and O–H groups in total. The van der Waals surface area contributed by atoms with E-state index in [0.717, 1.165) is 12.1 Å². The van der Waals surface area contributed by atoms with Crippen molar-refractivity contribution in [3.8, 4) is 5.69 Å². The number of amides is 1. The molecule has 0 spiro atoms. The molecule has 0 aliphatic carbocycles. The maximum Gasteiger partial charge on any atom is 0.416 e. The lowest BCUT2D eigenvalue weighted by Gasteiger charge is -2.15. The van der Waals surface area contributed by atoms with Gasteiger partial charge in [-0.1, -0.05) is 0 Å². The molecule has 0 aliphatic rings. The molecule has 29 heavy (non-hydrogen) atoms. The zero-order chi connectivity index (χ0) is 21.2. The van der Waals surface area contributed by atoms with Gasteiger partial charge in [-0.3, -0.25) is 9.59 Å². The number of carbonyl (C=O) groups is 1. The van der Waals surface area contributed by atoms with E-state index < -0.39 is 11.7 Å². The number of aromatic nitrogens is 1. The van der Waals surface area contributed by atoms with Crippen LogP contribution in [0.1, 0.15) is 22.8 Å². The topological polar surface area (TPSA) is 60.3 Å². The fourth-order valence-corrected chi connectivity index (χ4v) is 3.03. The van der Waals surface area contributed by atoms with Crippen LogP contribution in [0.4, 0.5) is 13.2 Å². The van der Waals surface area contributed by atoms with Gasteiger partial charge in [-0.2, -0.15) is 13.2 Å². The van der Waals surface area contributed by atoms with Gasteiger partial charge in [0.25, 0.3) is 5.91 Å². The lowest BCUT2D eigenvalue weighted by atomic mass is 10.1. The summed E-state index contributed by atoms with van der Waals surface area (Å²) in [6.07, 6.45) is -2.93. The Morgan fingerprint density at radius 1 is 1.14 bits per heavy atom. The van der Waals surface area contributed by atoms with Crippen molar-refractivity contribution in [2.45, 2.75) is 19.1 Å². The highest BCUT2D eigenvalue weighted by atomic mass is 19.4. The Morgan fingerprint density at radius 3 is 2.45 bits per heavy atom. The highest BCUT2D eigenvalue weighted by Gasteiger charge is 2.30. The fraction of sp³-hybridized carbons (Fsp3) is 0.238. The largest absolute Gasteiger partial charge is 0.416 e. The molecule has 0 bridgehead atoms. The molecule has 3 aromatic rings. The molecule has 152 valence electrons. The monoisotopic (exact) mass is 404 g/mol. The first-order valence-corrected chi connectivity index (χ1v) is 8.83. The number of halogens is 3. The van der Waals surface area contributed by atoms with Crippen LogP contribution in [-0.2, 0) is 10.9 Å². The SMILES string of the molecule is COC[C@@H](C)NC(=O)c1ccc2c(c1)c(=O)ccn2-c1ccc(C(F)(F)F)cc1. The highest BCUT2D eigenvalue weighted by molar-refractivity contribution is 5.98. The molecule has 1 heterocycles. The molecule has 2 aromatic carbocycles. The van der Waals surface area contributed by atoms with Crippen molar-refractivity contribution >= 4 is 16.8 Å². The summed E-state index contributed by atoms with van der Waals surface area (Å²) in [5.74, 6) is -0.346. The van der Waals surface area contributed by atoms with Crippen molar-refractivity contribution in [3.63, 3.8) is 0 Å². The summed E-state index contributed by atoms with van der Waals surface area (Å²) >= 11 is 0. The van der Waals surface area contributed by atoms with Crippen LogP contribution in [0.15, 0.2) is 59.5 Å². The van der Waals surface area contributed by atoms with E-state index in [2.05, 4.69) is 5.32 Å². The van der Waals surface area contributed by atoms with Gasteiger partial charge in [-0.25, -0.2) is 0 Å². The van der Waals surface area contributed by atoms with E-state index in [1.807, 2.05) is 0 Å². The normalized spacial score (nSPS) is 12.7. The van der Waals surface area contributed by atoms with Crippen LogP contribution in [-0.4, -0.2) is 30.2 Å². The van der Waals surface area contributed by atoms with Gasteiger partial charge < -0.3 is 14.6 Å². The summed E-state index contributed by atoms with van der Waals surface area (Å²) in [7, 11) is 1.53. The Kier molecular flexibility index (Phi) is 5.74. The smallest absolute Gasteiger partial charge is 0.383 e. The summed E-state index contributed by atoms with van der Waals surface area (Å²) in [5, 5.41) is 3.06. The maximum absolute atomic E-state index is 12.8. The molecule has 5 nitrogen and oxygen atoms in total. The first-order valence-electron chi connectivity index (χ1n) is 8.83. The first kappa shape index (κ1) is 20.6. The lowest BCUT2D eigenvalue weighted by Crippen LogP contribution is -2.35. The molecule has 8 heteroatoms. The number of hydrogen-bond donors (Lipinski definition) is 1.